The fraction of sp³-hybridized carbons (Fsp3) is 0.364. The summed E-state index contributed by atoms with van der Waals surface area (Å²) in [6, 6.07) is 5.74. The minimum absolute atomic E-state index is 0.586. The molecule has 0 atom stereocenters. The summed E-state index contributed by atoms with van der Waals surface area (Å²) < 4.78 is 7.12. The largest absolute Gasteiger partial charge is 0.468 e. The van der Waals surface area contributed by atoms with Crippen molar-refractivity contribution < 1.29 is 4.42 Å². The van der Waals surface area contributed by atoms with Gasteiger partial charge in [-0.1, -0.05) is 0 Å². The first-order valence-electron chi connectivity index (χ1n) is 5.23. The minimum atomic E-state index is 0.586. The topological polar surface area (TPSA) is 57.0 Å². The van der Waals surface area contributed by atoms with Crippen molar-refractivity contribution in [2.75, 3.05) is 11.5 Å². The molecule has 2 N–H and O–H groups in total. The zero-order chi connectivity index (χ0) is 11.2. The summed E-state index contributed by atoms with van der Waals surface area (Å²) in [6.45, 7) is 0.919. The molecule has 0 aromatic carbocycles. The van der Waals surface area contributed by atoms with Gasteiger partial charge in [0.05, 0.1) is 12.0 Å². The van der Waals surface area contributed by atoms with Gasteiger partial charge in [-0.2, -0.15) is 16.9 Å². The number of hydrogen-bond donors (Lipinski definition) is 1. The van der Waals surface area contributed by atoms with Crippen LogP contribution in [0, 0.1) is 0 Å². The third-order valence-electron chi connectivity index (χ3n) is 2.16. The Morgan fingerprint density at radius 3 is 3.06 bits per heavy atom. The first-order chi connectivity index (χ1) is 7.84. The Labute approximate surface area is 98.8 Å². The van der Waals surface area contributed by atoms with Gasteiger partial charge in [-0.25, -0.2) is 0 Å². The van der Waals surface area contributed by atoms with Crippen LogP contribution in [-0.4, -0.2) is 15.5 Å². The van der Waals surface area contributed by atoms with Crippen molar-refractivity contribution in [1.82, 2.24) is 9.78 Å². The molecular weight excluding hydrogens is 222 g/mol. The fourth-order valence-electron chi connectivity index (χ4n) is 1.40. The van der Waals surface area contributed by atoms with E-state index in [4.69, 9.17) is 10.2 Å². The summed E-state index contributed by atoms with van der Waals surface area (Å²) in [4.78, 5) is 0. The molecule has 4 nitrogen and oxygen atoms in total. The van der Waals surface area contributed by atoms with Gasteiger partial charge >= 0.3 is 0 Å². The summed E-state index contributed by atoms with van der Waals surface area (Å²) in [7, 11) is 0. The van der Waals surface area contributed by atoms with Crippen LogP contribution in [0.4, 0.5) is 5.82 Å². The second-order valence-corrected chi connectivity index (χ2v) is 4.59. The highest BCUT2D eigenvalue weighted by molar-refractivity contribution is 7.98. The molecule has 0 fully saturated rings. The molecule has 2 aromatic heterocycles. The minimum Gasteiger partial charge on any atom is -0.468 e. The quantitative estimate of drug-likeness (QED) is 0.784. The van der Waals surface area contributed by atoms with Crippen molar-refractivity contribution in [2.24, 2.45) is 0 Å². The molecule has 0 aliphatic carbocycles. The van der Waals surface area contributed by atoms with E-state index < -0.39 is 0 Å². The van der Waals surface area contributed by atoms with Crippen LogP contribution < -0.4 is 5.73 Å². The highest BCUT2D eigenvalue weighted by Crippen LogP contribution is 2.13. The van der Waals surface area contributed by atoms with E-state index in [0.29, 0.717) is 5.82 Å². The lowest BCUT2D eigenvalue weighted by atomic mass is 10.5. The Hall–Kier alpha value is -1.36. The van der Waals surface area contributed by atoms with Crippen LogP contribution in [-0.2, 0) is 12.3 Å². The van der Waals surface area contributed by atoms with E-state index in [-0.39, 0.29) is 0 Å². The van der Waals surface area contributed by atoms with Crippen molar-refractivity contribution in [3.05, 3.63) is 36.4 Å². The summed E-state index contributed by atoms with van der Waals surface area (Å²) in [5.41, 5.74) is 5.52. The number of aromatic nitrogens is 2. The van der Waals surface area contributed by atoms with E-state index in [1.807, 2.05) is 40.8 Å². The molecule has 0 aliphatic heterocycles. The zero-order valence-corrected chi connectivity index (χ0v) is 9.82. The Kier molecular flexibility index (Phi) is 3.93. The van der Waals surface area contributed by atoms with Gasteiger partial charge in [-0.05, 0) is 30.4 Å². The molecular formula is C11H15N3OS. The van der Waals surface area contributed by atoms with Gasteiger partial charge in [0, 0.05) is 12.7 Å². The molecule has 2 heterocycles. The molecule has 5 heteroatoms. The smallest absolute Gasteiger partial charge is 0.145 e. The predicted molar refractivity (Wildman–Crippen MR) is 66.1 cm³/mol. The lowest BCUT2D eigenvalue weighted by Crippen LogP contribution is -2.00. The molecule has 0 spiro atoms. The number of rotatable bonds is 6. The number of furan rings is 1. The van der Waals surface area contributed by atoms with Crippen LogP contribution >= 0.6 is 11.8 Å². The van der Waals surface area contributed by atoms with Gasteiger partial charge < -0.3 is 10.2 Å². The summed E-state index contributed by atoms with van der Waals surface area (Å²) in [5, 5.41) is 4.12. The monoisotopic (exact) mass is 237 g/mol. The van der Waals surface area contributed by atoms with E-state index >= 15 is 0 Å². The molecule has 2 aromatic rings. The van der Waals surface area contributed by atoms with Gasteiger partial charge in [0.2, 0.25) is 0 Å². The van der Waals surface area contributed by atoms with Crippen LogP contribution in [0.15, 0.2) is 35.1 Å². The SMILES string of the molecule is Nc1ccn(CCCSCc2ccco2)n1. The summed E-state index contributed by atoms with van der Waals surface area (Å²) in [6.07, 6.45) is 4.71. The molecule has 2 rings (SSSR count). The van der Waals surface area contributed by atoms with E-state index in [1.54, 1.807) is 6.26 Å². The number of aryl methyl sites for hydroxylation is 1. The van der Waals surface area contributed by atoms with Gasteiger partial charge in [-0.3, -0.25) is 4.68 Å². The van der Waals surface area contributed by atoms with E-state index in [0.717, 1.165) is 30.2 Å². The molecule has 0 saturated heterocycles. The molecule has 0 bridgehead atoms. The maximum Gasteiger partial charge on any atom is 0.145 e. The second-order valence-electron chi connectivity index (χ2n) is 3.49. The van der Waals surface area contributed by atoms with Crippen molar-refractivity contribution in [3.8, 4) is 0 Å². The number of nitrogen functional groups attached to an aromatic ring is 1. The normalized spacial score (nSPS) is 10.8. The van der Waals surface area contributed by atoms with Crippen molar-refractivity contribution in [1.29, 1.82) is 0 Å². The molecule has 0 amide bonds. The maximum atomic E-state index is 5.52. The van der Waals surface area contributed by atoms with Crippen molar-refractivity contribution in [2.45, 2.75) is 18.7 Å². The number of hydrogen-bond acceptors (Lipinski definition) is 4. The van der Waals surface area contributed by atoms with Crippen LogP contribution in [0.3, 0.4) is 0 Å². The average Bonchev–Trinajstić information content (AvgIpc) is 2.89. The van der Waals surface area contributed by atoms with E-state index in [9.17, 15) is 0 Å². The summed E-state index contributed by atoms with van der Waals surface area (Å²) in [5.74, 6) is 3.66. The Morgan fingerprint density at radius 2 is 2.38 bits per heavy atom. The van der Waals surface area contributed by atoms with Crippen molar-refractivity contribution >= 4 is 17.6 Å². The Morgan fingerprint density at radius 1 is 1.44 bits per heavy atom. The molecule has 0 aliphatic rings. The Balaban J connectivity index is 1.59. The van der Waals surface area contributed by atoms with Gasteiger partial charge in [0.25, 0.3) is 0 Å². The van der Waals surface area contributed by atoms with Crippen LogP contribution in [0.25, 0.3) is 0 Å². The maximum absolute atomic E-state index is 5.52. The highest BCUT2D eigenvalue weighted by Gasteiger charge is 1.97. The third-order valence-corrected chi connectivity index (χ3v) is 3.23. The van der Waals surface area contributed by atoms with Crippen LogP contribution in [0.5, 0.6) is 0 Å². The first-order valence-corrected chi connectivity index (χ1v) is 6.39. The van der Waals surface area contributed by atoms with E-state index in [2.05, 4.69) is 5.10 Å². The molecule has 0 unspecified atom stereocenters. The van der Waals surface area contributed by atoms with Gasteiger partial charge in [0.15, 0.2) is 0 Å². The summed E-state index contributed by atoms with van der Waals surface area (Å²) >= 11 is 1.87. The molecule has 86 valence electrons. The number of thioether (sulfide) groups is 1. The number of nitrogens with two attached hydrogens (primary N) is 1. The molecule has 0 saturated carbocycles. The predicted octanol–water partition coefficient (Wildman–Crippen LogP) is 2.38. The van der Waals surface area contributed by atoms with Gasteiger partial charge in [0.1, 0.15) is 11.6 Å². The molecule has 16 heavy (non-hydrogen) atoms. The van der Waals surface area contributed by atoms with Crippen LogP contribution in [0.2, 0.25) is 0 Å². The van der Waals surface area contributed by atoms with Gasteiger partial charge in [-0.15, -0.1) is 0 Å². The second kappa shape index (κ2) is 5.65. The average molecular weight is 237 g/mol. The number of anilines is 1. The van der Waals surface area contributed by atoms with Crippen molar-refractivity contribution in [3.63, 3.8) is 0 Å². The molecule has 0 radical (unpaired) electrons. The zero-order valence-electron chi connectivity index (χ0n) is 9.00. The van der Waals surface area contributed by atoms with Crippen LogP contribution in [0.1, 0.15) is 12.2 Å². The lowest BCUT2D eigenvalue weighted by Gasteiger charge is -2.01. The lowest BCUT2D eigenvalue weighted by molar-refractivity contribution is 0.530. The fourth-order valence-corrected chi connectivity index (χ4v) is 2.24. The third kappa shape index (κ3) is 3.34. The Bertz CT molecular complexity index is 411. The van der Waals surface area contributed by atoms with E-state index in [1.165, 1.54) is 0 Å². The standard InChI is InChI=1S/C11H15N3OS/c12-11-4-6-14(13-11)5-2-8-16-9-10-3-1-7-15-10/h1,3-4,6-7H,2,5,8-9H2,(H2,12,13). The number of nitrogens with zero attached hydrogens (tertiary/aromatic N) is 2. The highest BCUT2D eigenvalue weighted by atomic mass is 32.2. The first kappa shape index (κ1) is 11.1.